The van der Waals surface area contributed by atoms with Gasteiger partial charge in [-0.15, -0.1) is 0 Å². The van der Waals surface area contributed by atoms with Crippen LogP contribution in [0.5, 0.6) is 0 Å². The van der Waals surface area contributed by atoms with E-state index in [1.807, 2.05) is 18.7 Å². The summed E-state index contributed by atoms with van der Waals surface area (Å²) in [4.78, 5) is 28.1. The smallest absolute Gasteiger partial charge is 0.240 e. The second-order valence-corrected chi connectivity index (χ2v) is 5.50. The Kier molecular flexibility index (Phi) is 4.80. The number of carbonyl (C=O) groups excluding carboxylic acids is 2. The molecule has 1 N–H and O–H groups in total. The standard InChI is InChI=1S/C14H25N3O2/c1-3-16(4-2)13(18)9-12-14(19)17(8-7-15-12)10-11-5-6-11/h11-12,15H,3-10H2,1-2H3. The maximum atomic E-state index is 12.3. The molecule has 0 aromatic rings. The summed E-state index contributed by atoms with van der Waals surface area (Å²) in [6.07, 6.45) is 2.79. The Hall–Kier alpha value is -1.10. The number of hydrogen-bond donors (Lipinski definition) is 1. The molecule has 1 heterocycles. The topological polar surface area (TPSA) is 52.7 Å². The highest BCUT2D eigenvalue weighted by molar-refractivity contribution is 5.89. The summed E-state index contributed by atoms with van der Waals surface area (Å²) < 4.78 is 0. The largest absolute Gasteiger partial charge is 0.343 e. The van der Waals surface area contributed by atoms with Gasteiger partial charge in [0.15, 0.2) is 0 Å². The monoisotopic (exact) mass is 267 g/mol. The lowest BCUT2D eigenvalue weighted by Crippen LogP contribution is -2.56. The average Bonchev–Trinajstić information content (AvgIpc) is 3.20. The van der Waals surface area contributed by atoms with Crippen LogP contribution in [0, 0.1) is 5.92 Å². The van der Waals surface area contributed by atoms with Crippen molar-refractivity contribution in [3.63, 3.8) is 0 Å². The van der Waals surface area contributed by atoms with Crippen LogP contribution >= 0.6 is 0 Å². The summed E-state index contributed by atoms with van der Waals surface area (Å²) in [5, 5.41) is 3.19. The van der Waals surface area contributed by atoms with Gasteiger partial charge in [0, 0.05) is 32.7 Å². The second kappa shape index (κ2) is 6.37. The first-order chi connectivity index (χ1) is 9.15. The molecule has 0 bridgehead atoms. The zero-order valence-electron chi connectivity index (χ0n) is 12.0. The lowest BCUT2D eigenvalue weighted by Gasteiger charge is -2.34. The number of nitrogens with one attached hydrogen (secondary N) is 1. The molecule has 2 amide bonds. The van der Waals surface area contributed by atoms with Gasteiger partial charge in [0.05, 0.1) is 12.5 Å². The van der Waals surface area contributed by atoms with E-state index >= 15 is 0 Å². The van der Waals surface area contributed by atoms with Crippen molar-refractivity contribution in [3.8, 4) is 0 Å². The van der Waals surface area contributed by atoms with E-state index in [1.165, 1.54) is 12.8 Å². The number of rotatable bonds is 6. The molecule has 1 aliphatic carbocycles. The molecule has 19 heavy (non-hydrogen) atoms. The molecule has 1 saturated carbocycles. The van der Waals surface area contributed by atoms with Crippen molar-refractivity contribution in [2.24, 2.45) is 5.92 Å². The van der Waals surface area contributed by atoms with E-state index in [4.69, 9.17) is 0 Å². The molecule has 2 fully saturated rings. The van der Waals surface area contributed by atoms with Crippen molar-refractivity contribution in [1.82, 2.24) is 15.1 Å². The van der Waals surface area contributed by atoms with Gasteiger partial charge in [-0.05, 0) is 32.6 Å². The first-order valence-corrected chi connectivity index (χ1v) is 7.45. The van der Waals surface area contributed by atoms with Crippen LogP contribution in [-0.2, 0) is 9.59 Å². The molecular formula is C14H25N3O2. The van der Waals surface area contributed by atoms with Gasteiger partial charge in [0.25, 0.3) is 0 Å². The van der Waals surface area contributed by atoms with Crippen LogP contribution in [0.25, 0.3) is 0 Å². The number of piperazine rings is 1. The predicted molar refractivity (Wildman–Crippen MR) is 73.6 cm³/mol. The van der Waals surface area contributed by atoms with E-state index in [-0.39, 0.29) is 17.9 Å². The van der Waals surface area contributed by atoms with Gasteiger partial charge < -0.3 is 15.1 Å². The quantitative estimate of drug-likeness (QED) is 0.760. The molecule has 0 aromatic heterocycles. The van der Waals surface area contributed by atoms with Crippen molar-refractivity contribution in [2.45, 2.75) is 39.2 Å². The zero-order valence-corrected chi connectivity index (χ0v) is 12.0. The molecule has 2 rings (SSSR count). The maximum absolute atomic E-state index is 12.3. The van der Waals surface area contributed by atoms with Crippen LogP contribution in [0.3, 0.4) is 0 Å². The molecule has 5 nitrogen and oxygen atoms in total. The summed E-state index contributed by atoms with van der Waals surface area (Å²) in [6, 6.07) is -0.319. The first-order valence-electron chi connectivity index (χ1n) is 7.45. The lowest BCUT2D eigenvalue weighted by atomic mass is 10.1. The van der Waals surface area contributed by atoms with Gasteiger partial charge in [-0.25, -0.2) is 0 Å². The minimum absolute atomic E-state index is 0.0733. The average molecular weight is 267 g/mol. The maximum Gasteiger partial charge on any atom is 0.240 e. The summed E-state index contributed by atoms with van der Waals surface area (Å²) in [5.74, 6) is 0.893. The third-order valence-electron chi connectivity index (χ3n) is 4.05. The van der Waals surface area contributed by atoms with Crippen molar-refractivity contribution in [3.05, 3.63) is 0 Å². The Morgan fingerprint density at radius 2 is 2.05 bits per heavy atom. The number of amides is 2. The van der Waals surface area contributed by atoms with Gasteiger partial charge in [-0.3, -0.25) is 9.59 Å². The summed E-state index contributed by atoms with van der Waals surface area (Å²) >= 11 is 0. The van der Waals surface area contributed by atoms with Crippen LogP contribution in [0.2, 0.25) is 0 Å². The minimum Gasteiger partial charge on any atom is -0.343 e. The Bertz CT molecular complexity index is 338. The van der Waals surface area contributed by atoms with Gasteiger partial charge >= 0.3 is 0 Å². The molecule has 1 saturated heterocycles. The fraction of sp³-hybridized carbons (Fsp3) is 0.857. The summed E-state index contributed by atoms with van der Waals surface area (Å²) in [6.45, 7) is 7.83. The Morgan fingerprint density at radius 1 is 1.37 bits per heavy atom. The summed E-state index contributed by atoms with van der Waals surface area (Å²) in [7, 11) is 0. The third kappa shape index (κ3) is 3.69. The van der Waals surface area contributed by atoms with Gasteiger partial charge in [0.1, 0.15) is 0 Å². The SMILES string of the molecule is CCN(CC)C(=O)CC1NCCN(CC2CC2)C1=O. The number of nitrogens with zero attached hydrogens (tertiary/aromatic N) is 2. The van der Waals surface area contributed by atoms with E-state index in [1.54, 1.807) is 4.90 Å². The Labute approximate surface area is 115 Å². The van der Waals surface area contributed by atoms with Gasteiger partial charge in [0.2, 0.25) is 11.8 Å². The molecule has 1 aliphatic heterocycles. The van der Waals surface area contributed by atoms with Crippen LogP contribution in [0.4, 0.5) is 0 Å². The Morgan fingerprint density at radius 3 is 2.63 bits per heavy atom. The fourth-order valence-electron chi connectivity index (χ4n) is 2.62. The van der Waals surface area contributed by atoms with E-state index in [0.717, 1.165) is 19.6 Å². The van der Waals surface area contributed by atoms with Crippen molar-refractivity contribution in [2.75, 3.05) is 32.7 Å². The second-order valence-electron chi connectivity index (χ2n) is 5.50. The molecule has 5 heteroatoms. The van der Waals surface area contributed by atoms with E-state index < -0.39 is 0 Å². The molecular weight excluding hydrogens is 242 g/mol. The van der Waals surface area contributed by atoms with Crippen LogP contribution in [0.1, 0.15) is 33.1 Å². The number of carbonyl (C=O) groups is 2. The predicted octanol–water partition coefficient (Wildman–Crippen LogP) is 0.455. The van der Waals surface area contributed by atoms with Crippen LogP contribution < -0.4 is 5.32 Å². The lowest BCUT2D eigenvalue weighted by molar-refractivity contribution is -0.141. The van der Waals surface area contributed by atoms with E-state index in [2.05, 4.69) is 5.32 Å². The van der Waals surface area contributed by atoms with Crippen molar-refractivity contribution in [1.29, 1.82) is 0 Å². The van der Waals surface area contributed by atoms with Gasteiger partial charge in [-0.2, -0.15) is 0 Å². The zero-order chi connectivity index (χ0) is 13.8. The molecule has 1 unspecified atom stereocenters. The van der Waals surface area contributed by atoms with E-state index in [9.17, 15) is 9.59 Å². The third-order valence-corrected chi connectivity index (χ3v) is 4.05. The first kappa shape index (κ1) is 14.3. The molecule has 1 atom stereocenters. The molecule has 0 radical (unpaired) electrons. The minimum atomic E-state index is -0.319. The summed E-state index contributed by atoms with van der Waals surface area (Å²) in [5.41, 5.74) is 0. The van der Waals surface area contributed by atoms with Gasteiger partial charge in [-0.1, -0.05) is 0 Å². The number of hydrogen-bond acceptors (Lipinski definition) is 3. The fourth-order valence-corrected chi connectivity index (χ4v) is 2.62. The highest BCUT2D eigenvalue weighted by Crippen LogP contribution is 2.30. The molecule has 108 valence electrons. The molecule has 0 spiro atoms. The van der Waals surface area contributed by atoms with E-state index in [0.29, 0.717) is 25.4 Å². The van der Waals surface area contributed by atoms with Crippen molar-refractivity contribution < 1.29 is 9.59 Å². The Balaban J connectivity index is 1.87. The molecule has 2 aliphatic rings. The highest BCUT2D eigenvalue weighted by Gasteiger charge is 2.34. The van der Waals surface area contributed by atoms with Crippen LogP contribution in [-0.4, -0.2) is 60.4 Å². The molecule has 0 aromatic carbocycles. The van der Waals surface area contributed by atoms with Crippen molar-refractivity contribution >= 4 is 11.8 Å². The highest BCUT2D eigenvalue weighted by atomic mass is 16.2. The van der Waals surface area contributed by atoms with Crippen LogP contribution in [0.15, 0.2) is 0 Å². The normalized spacial score (nSPS) is 23.6.